The third-order valence-corrected chi connectivity index (χ3v) is 3.68. The third kappa shape index (κ3) is 3.73. The SMILES string of the molecule is C[C@@H]1CN(C/C=C/c2ccccc2)Cc2ccccc2O1. The number of nitrogens with zero attached hydrogens (tertiary/aromatic N) is 1. The molecule has 0 unspecified atom stereocenters. The van der Waals surface area contributed by atoms with Crippen molar-refractivity contribution < 1.29 is 4.74 Å². The molecule has 0 radical (unpaired) electrons. The van der Waals surface area contributed by atoms with Crippen LogP contribution in [0.15, 0.2) is 60.7 Å². The molecule has 0 aromatic heterocycles. The molecule has 0 aliphatic carbocycles. The highest BCUT2D eigenvalue weighted by atomic mass is 16.5. The average molecular weight is 279 g/mol. The summed E-state index contributed by atoms with van der Waals surface area (Å²) in [6.45, 7) is 4.97. The molecular formula is C19H21NO. The molecule has 0 saturated carbocycles. The molecule has 0 saturated heterocycles. The van der Waals surface area contributed by atoms with Gasteiger partial charge in [0, 0.05) is 25.2 Å². The summed E-state index contributed by atoms with van der Waals surface area (Å²) in [4.78, 5) is 2.43. The lowest BCUT2D eigenvalue weighted by Gasteiger charge is -2.19. The Kier molecular flexibility index (Phi) is 4.37. The van der Waals surface area contributed by atoms with Crippen molar-refractivity contribution in [2.24, 2.45) is 0 Å². The number of rotatable bonds is 3. The minimum atomic E-state index is 0.221. The first-order valence-corrected chi connectivity index (χ1v) is 7.50. The number of ether oxygens (including phenoxy) is 1. The van der Waals surface area contributed by atoms with E-state index in [1.54, 1.807) is 0 Å². The van der Waals surface area contributed by atoms with Gasteiger partial charge in [-0.15, -0.1) is 0 Å². The van der Waals surface area contributed by atoms with E-state index in [-0.39, 0.29) is 6.10 Å². The molecule has 0 N–H and O–H groups in total. The van der Waals surface area contributed by atoms with E-state index in [0.29, 0.717) is 0 Å². The monoisotopic (exact) mass is 279 g/mol. The van der Waals surface area contributed by atoms with Crippen molar-refractivity contribution in [1.29, 1.82) is 0 Å². The zero-order valence-electron chi connectivity index (χ0n) is 12.4. The molecule has 1 heterocycles. The van der Waals surface area contributed by atoms with Crippen LogP contribution in [0.5, 0.6) is 5.75 Å². The lowest BCUT2D eigenvalue weighted by molar-refractivity contribution is 0.170. The molecule has 1 aliphatic heterocycles. The fourth-order valence-corrected chi connectivity index (χ4v) is 2.71. The fourth-order valence-electron chi connectivity index (χ4n) is 2.71. The topological polar surface area (TPSA) is 12.5 Å². The molecule has 108 valence electrons. The summed E-state index contributed by atoms with van der Waals surface area (Å²) in [5.74, 6) is 1.03. The van der Waals surface area contributed by atoms with E-state index in [9.17, 15) is 0 Å². The van der Waals surface area contributed by atoms with Crippen molar-refractivity contribution in [2.75, 3.05) is 13.1 Å². The largest absolute Gasteiger partial charge is 0.489 e. The second-order valence-electron chi connectivity index (χ2n) is 5.54. The number of benzene rings is 2. The number of para-hydroxylation sites is 1. The number of hydrogen-bond donors (Lipinski definition) is 0. The lowest BCUT2D eigenvalue weighted by Crippen LogP contribution is -2.31. The summed E-state index contributed by atoms with van der Waals surface area (Å²) in [5, 5.41) is 0. The molecule has 2 nitrogen and oxygen atoms in total. The standard InChI is InChI=1S/C19H21NO/c1-16-14-20(13-7-10-17-8-3-2-4-9-17)15-18-11-5-6-12-19(18)21-16/h2-12,16H,13-15H2,1H3/b10-7+/t16-/m1/s1. The summed E-state index contributed by atoms with van der Waals surface area (Å²) < 4.78 is 5.99. The van der Waals surface area contributed by atoms with Gasteiger partial charge in [-0.1, -0.05) is 60.7 Å². The van der Waals surface area contributed by atoms with E-state index in [4.69, 9.17) is 4.74 Å². The van der Waals surface area contributed by atoms with Crippen LogP contribution in [0.3, 0.4) is 0 Å². The molecule has 2 heteroatoms. The summed E-state index contributed by atoms with van der Waals surface area (Å²) in [7, 11) is 0. The van der Waals surface area contributed by atoms with Gasteiger partial charge in [0.1, 0.15) is 11.9 Å². The molecule has 21 heavy (non-hydrogen) atoms. The number of fused-ring (bicyclic) bond motifs is 1. The normalized spacial score (nSPS) is 19.0. The van der Waals surface area contributed by atoms with Crippen LogP contribution in [0.2, 0.25) is 0 Å². The van der Waals surface area contributed by atoms with Crippen molar-refractivity contribution in [1.82, 2.24) is 4.90 Å². The first-order valence-electron chi connectivity index (χ1n) is 7.50. The van der Waals surface area contributed by atoms with E-state index in [1.165, 1.54) is 11.1 Å². The van der Waals surface area contributed by atoms with Crippen LogP contribution in [0.25, 0.3) is 6.08 Å². The highest BCUT2D eigenvalue weighted by Gasteiger charge is 2.18. The Bertz CT molecular complexity index is 606. The minimum absolute atomic E-state index is 0.221. The van der Waals surface area contributed by atoms with Crippen molar-refractivity contribution in [3.8, 4) is 5.75 Å². The molecule has 0 bridgehead atoms. The second-order valence-corrected chi connectivity index (χ2v) is 5.54. The van der Waals surface area contributed by atoms with Crippen molar-refractivity contribution in [3.05, 3.63) is 71.8 Å². The fraction of sp³-hybridized carbons (Fsp3) is 0.263. The smallest absolute Gasteiger partial charge is 0.124 e. The van der Waals surface area contributed by atoms with Crippen molar-refractivity contribution in [3.63, 3.8) is 0 Å². The van der Waals surface area contributed by atoms with Gasteiger partial charge in [0.05, 0.1) is 0 Å². The van der Waals surface area contributed by atoms with Crippen molar-refractivity contribution in [2.45, 2.75) is 19.6 Å². The van der Waals surface area contributed by atoms with E-state index in [2.05, 4.69) is 66.4 Å². The molecule has 0 spiro atoms. The van der Waals surface area contributed by atoms with Gasteiger partial charge in [-0.25, -0.2) is 0 Å². The molecular weight excluding hydrogens is 258 g/mol. The third-order valence-electron chi connectivity index (χ3n) is 3.68. The first-order chi connectivity index (χ1) is 10.3. The van der Waals surface area contributed by atoms with E-state index >= 15 is 0 Å². The van der Waals surface area contributed by atoms with Crippen molar-refractivity contribution >= 4 is 6.08 Å². The maximum Gasteiger partial charge on any atom is 0.124 e. The Hall–Kier alpha value is -2.06. The second kappa shape index (κ2) is 6.59. The Morgan fingerprint density at radius 3 is 2.71 bits per heavy atom. The van der Waals surface area contributed by atoms with Gasteiger partial charge < -0.3 is 4.74 Å². The Labute approximate surface area is 126 Å². The van der Waals surface area contributed by atoms with E-state index < -0.39 is 0 Å². The van der Waals surface area contributed by atoms with Crippen LogP contribution in [0, 0.1) is 0 Å². The van der Waals surface area contributed by atoms with E-state index in [0.717, 1.165) is 25.4 Å². The molecule has 3 rings (SSSR count). The highest BCUT2D eigenvalue weighted by Crippen LogP contribution is 2.24. The molecule has 0 fully saturated rings. The predicted octanol–water partition coefficient (Wildman–Crippen LogP) is 3.98. The van der Waals surface area contributed by atoms with Gasteiger partial charge in [-0.3, -0.25) is 4.90 Å². The molecule has 2 aromatic rings. The molecule has 1 aliphatic rings. The quantitative estimate of drug-likeness (QED) is 0.842. The maximum atomic E-state index is 5.99. The minimum Gasteiger partial charge on any atom is -0.489 e. The molecule has 1 atom stereocenters. The van der Waals surface area contributed by atoms with Gasteiger partial charge in [0.25, 0.3) is 0 Å². The maximum absolute atomic E-state index is 5.99. The Morgan fingerprint density at radius 1 is 1.10 bits per heavy atom. The Balaban J connectivity index is 1.67. The van der Waals surface area contributed by atoms with Crippen LogP contribution >= 0.6 is 0 Å². The average Bonchev–Trinajstić information content (AvgIpc) is 2.66. The lowest BCUT2D eigenvalue weighted by atomic mass is 10.2. The molecule has 0 amide bonds. The van der Waals surface area contributed by atoms with Crippen LogP contribution in [-0.2, 0) is 6.54 Å². The molecule has 2 aromatic carbocycles. The van der Waals surface area contributed by atoms with Gasteiger partial charge in [-0.05, 0) is 18.6 Å². The highest BCUT2D eigenvalue weighted by molar-refractivity contribution is 5.48. The number of hydrogen-bond acceptors (Lipinski definition) is 2. The summed E-state index contributed by atoms with van der Waals surface area (Å²) in [6, 6.07) is 18.8. The predicted molar refractivity (Wildman–Crippen MR) is 87.3 cm³/mol. The van der Waals surface area contributed by atoms with Gasteiger partial charge in [0.15, 0.2) is 0 Å². The summed E-state index contributed by atoms with van der Waals surface area (Å²) >= 11 is 0. The summed E-state index contributed by atoms with van der Waals surface area (Å²) in [6.07, 6.45) is 4.64. The van der Waals surface area contributed by atoms with Crippen LogP contribution < -0.4 is 4.74 Å². The zero-order valence-corrected chi connectivity index (χ0v) is 12.4. The van der Waals surface area contributed by atoms with Crippen LogP contribution in [0.4, 0.5) is 0 Å². The summed E-state index contributed by atoms with van der Waals surface area (Å²) in [5.41, 5.74) is 2.52. The Morgan fingerprint density at radius 2 is 1.86 bits per heavy atom. The van der Waals surface area contributed by atoms with Crippen LogP contribution in [-0.4, -0.2) is 24.1 Å². The van der Waals surface area contributed by atoms with Gasteiger partial charge >= 0.3 is 0 Å². The van der Waals surface area contributed by atoms with Crippen LogP contribution in [0.1, 0.15) is 18.1 Å². The van der Waals surface area contributed by atoms with E-state index in [1.807, 2.05) is 12.1 Å². The van der Waals surface area contributed by atoms with Gasteiger partial charge in [-0.2, -0.15) is 0 Å². The first kappa shape index (κ1) is 13.9. The van der Waals surface area contributed by atoms with Gasteiger partial charge in [0.2, 0.25) is 0 Å². The zero-order chi connectivity index (χ0) is 14.5.